The smallest absolute Gasteiger partial charge is 0.253 e. The average molecular weight is 502 g/mol. The number of para-hydroxylation sites is 2. The Morgan fingerprint density at radius 3 is 2.17 bits per heavy atom. The molecule has 2 amide bonds. The Balaban J connectivity index is 1.36. The molecule has 0 heterocycles. The normalized spacial score (nSPS) is 10.4. The van der Waals surface area contributed by atoms with E-state index in [1.807, 2.05) is 84.9 Å². The van der Waals surface area contributed by atoms with Crippen LogP contribution in [-0.4, -0.2) is 18.4 Å². The van der Waals surface area contributed by atoms with Crippen molar-refractivity contribution in [3.8, 4) is 0 Å². The molecule has 0 aromatic heterocycles. The van der Waals surface area contributed by atoms with Crippen LogP contribution in [0.4, 0.5) is 11.4 Å². The lowest BCUT2D eigenvalue weighted by atomic mass is 10.1. The first-order valence-corrected chi connectivity index (χ1v) is 12.3. The first-order chi connectivity index (χ1) is 17.1. The fourth-order valence-corrected chi connectivity index (χ4v) is 4.39. The van der Waals surface area contributed by atoms with Crippen LogP contribution in [0.5, 0.6) is 0 Å². The zero-order valence-corrected chi connectivity index (χ0v) is 20.4. The van der Waals surface area contributed by atoms with E-state index in [1.54, 1.807) is 30.0 Å². The van der Waals surface area contributed by atoms with Crippen molar-refractivity contribution in [3.05, 3.63) is 119 Å². The van der Waals surface area contributed by atoms with Gasteiger partial charge in [0.05, 0.1) is 17.8 Å². The highest BCUT2D eigenvalue weighted by Crippen LogP contribution is 2.33. The molecule has 0 aliphatic rings. The highest BCUT2D eigenvalue weighted by molar-refractivity contribution is 7.99. The number of anilines is 2. The van der Waals surface area contributed by atoms with E-state index in [-0.39, 0.29) is 18.4 Å². The van der Waals surface area contributed by atoms with Crippen LogP contribution in [0.1, 0.15) is 15.9 Å². The van der Waals surface area contributed by atoms with Gasteiger partial charge in [0.1, 0.15) is 0 Å². The van der Waals surface area contributed by atoms with E-state index >= 15 is 0 Å². The molecule has 4 aromatic carbocycles. The van der Waals surface area contributed by atoms with Gasteiger partial charge in [0, 0.05) is 27.0 Å². The molecule has 0 radical (unpaired) electrons. The molecule has 176 valence electrons. The van der Waals surface area contributed by atoms with Gasteiger partial charge in [-0.25, -0.2) is 0 Å². The third-order valence-corrected chi connectivity index (χ3v) is 6.45. The zero-order chi connectivity index (χ0) is 24.5. The summed E-state index contributed by atoms with van der Waals surface area (Å²) in [5.41, 5.74) is 2.81. The van der Waals surface area contributed by atoms with Gasteiger partial charge in [-0.15, -0.1) is 0 Å². The molecule has 5 nitrogen and oxygen atoms in total. The summed E-state index contributed by atoms with van der Waals surface area (Å²) in [6.07, 6.45) is 0. The van der Waals surface area contributed by atoms with Crippen molar-refractivity contribution in [2.45, 2.75) is 16.3 Å². The first kappa shape index (κ1) is 24.4. The lowest BCUT2D eigenvalue weighted by Crippen LogP contribution is -2.26. The van der Waals surface area contributed by atoms with Crippen molar-refractivity contribution < 1.29 is 9.59 Å². The minimum Gasteiger partial charge on any atom is -0.376 e. The number of amides is 2. The van der Waals surface area contributed by atoms with E-state index in [1.165, 1.54) is 0 Å². The molecule has 0 saturated heterocycles. The minimum absolute atomic E-state index is 0.0168. The highest BCUT2D eigenvalue weighted by Gasteiger charge is 2.13. The van der Waals surface area contributed by atoms with Gasteiger partial charge < -0.3 is 16.0 Å². The van der Waals surface area contributed by atoms with E-state index in [2.05, 4.69) is 16.0 Å². The Kier molecular flexibility index (Phi) is 8.44. The molecular formula is C28H24ClN3O2S. The van der Waals surface area contributed by atoms with E-state index < -0.39 is 0 Å². The van der Waals surface area contributed by atoms with Crippen molar-refractivity contribution in [3.63, 3.8) is 0 Å². The Bertz CT molecular complexity index is 1300. The molecule has 0 fully saturated rings. The highest BCUT2D eigenvalue weighted by atomic mass is 35.5. The van der Waals surface area contributed by atoms with Gasteiger partial charge in [-0.05, 0) is 54.1 Å². The predicted octanol–water partition coefficient (Wildman–Crippen LogP) is 6.47. The van der Waals surface area contributed by atoms with Crippen LogP contribution in [0.3, 0.4) is 0 Å². The van der Waals surface area contributed by atoms with E-state index in [4.69, 9.17) is 11.6 Å². The van der Waals surface area contributed by atoms with Crippen LogP contribution < -0.4 is 16.0 Å². The number of nitrogens with one attached hydrogen (secondary N) is 3. The lowest BCUT2D eigenvalue weighted by Gasteiger charge is -2.14. The van der Waals surface area contributed by atoms with E-state index in [0.717, 1.165) is 15.4 Å². The molecule has 35 heavy (non-hydrogen) atoms. The average Bonchev–Trinajstić information content (AvgIpc) is 2.89. The summed E-state index contributed by atoms with van der Waals surface area (Å²) < 4.78 is 0. The van der Waals surface area contributed by atoms with Gasteiger partial charge in [0.25, 0.3) is 5.91 Å². The number of rotatable bonds is 9. The zero-order valence-electron chi connectivity index (χ0n) is 18.8. The summed E-state index contributed by atoms with van der Waals surface area (Å²) in [5, 5.41) is 9.66. The van der Waals surface area contributed by atoms with Gasteiger partial charge in [-0.1, -0.05) is 78.0 Å². The van der Waals surface area contributed by atoms with E-state index in [9.17, 15) is 9.59 Å². The van der Waals surface area contributed by atoms with E-state index in [0.29, 0.717) is 28.5 Å². The van der Waals surface area contributed by atoms with Crippen LogP contribution in [-0.2, 0) is 11.3 Å². The SMILES string of the molecule is O=C(CNc1ccccc1C(=O)NCc1ccccc1)Nc1ccccc1Sc1ccc(Cl)cc1. The number of benzene rings is 4. The number of hydrogen-bond acceptors (Lipinski definition) is 4. The maximum Gasteiger partial charge on any atom is 0.253 e. The summed E-state index contributed by atoms with van der Waals surface area (Å²) in [5.74, 6) is -0.421. The van der Waals surface area contributed by atoms with Crippen molar-refractivity contribution >= 4 is 46.6 Å². The Labute approximate surface area is 213 Å². The van der Waals surface area contributed by atoms with Crippen molar-refractivity contribution in [2.75, 3.05) is 17.2 Å². The Hall–Kier alpha value is -3.74. The van der Waals surface area contributed by atoms with Crippen LogP contribution >= 0.6 is 23.4 Å². The summed E-state index contributed by atoms with van der Waals surface area (Å²) in [6, 6.07) is 32.0. The van der Waals surface area contributed by atoms with Crippen molar-refractivity contribution in [1.29, 1.82) is 0 Å². The molecule has 0 unspecified atom stereocenters. The van der Waals surface area contributed by atoms with Crippen molar-refractivity contribution in [2.24, 2.45) is 0 Å². The third kappa shape index (κ3) is 7.12. The molecule has 4 aromatic rings. The molecular weight excluding hydrogens is 478 g/mol. The topological polar surface area (TPSA) is 70.2 Å². The van der Waals surface area contributed by atoms with Gasteiger partial charge >= 0.3 is 0 Å². The van der Waals surface area contributed by atoms with Crippen molar-refractivity contribution in [1.82, 2.24) is 5.32 Å². The molecule has 4 rings (SSSR count). The van der Waals surface area contributed by atoms with Gasteiger partial charge in [0.2, 0.25) is 5.91 Å². The van der Waals surface area contributed by atoms with Gasteiger partial charge in [0.15, 0.2) is 0 Å². The molecule has 0 aliphatic heterocycles. The molecule has 0 atom stereocenters. The molecule has 7 heteroatoms. The van der Waals surface area contributed by atoms with Crippen LogP contribution in [0, 0.1) is 0 Å². The second-order valence-corrected chi connectivity index (χ2v) is 9.22. The van der Waals surface area contributed by atoms with Crippen LogP contribution in [0.2, 0.25) is 5.02 Å². The fraction of sp³-hybridized carbons (Fsp3) is 0.0714. The fourth-order valence-electron chi connectivity index (χ4n) is 3.37. The maximum atomic E-state index is 12.8. The van der Waals surface area contributed by atoms with Crippen LogP contribution in [0.25, 0.3) is 0 Å². The number of hydrogen-bond donors (Lipinski definition) is 3. The first-order valence-electron chi connectivity index (χ1n) is 11.1. The molecule has 3 N–H and O–H groups in total. The predicted molar refractivity (Wildman–Crippen MR) is 143 cm³/mol. The summed E-state index contributed by atoms with van der Waals surface area (Å²) in [7, 11) is 0. The number of halogens is 1. The van der Waals surface area contributed by atoms with Crippen LogP contribution in [0.15, 0.2) is 113 Å². The summed E-state index contributed by atoms with van der Waals surface area (Å²) in [4.78, 5) is 27.4. The quantitative estimate of drug-likeness (QED) is 0.246. The Morgan fingerprint density at radius 1 is 0.743 bits per heavy atom. The number of carbonyl (C=O) groups is 2. The molecule has 0 bridgehead atoms. The monoisotopic (exact) mass is 501 g/mol. The largest absolute Gasteiger partial charge is 0.376 e. The molecule has 0 spiro atoms. The van der Waals surface area contributed by atoms with Gasteiger partial charge in [-0.3, -0.25) is 9.59 Å². The molecule has 0 aliphatic carbocycles. The lowest BCUT2D eigenvalue weighted by molar-refractivity contribution is -0.114. The summed E-state index contributed by atoms with van der Waals surface area (Å²) >= 11 is 7.52. The number of carbonyl (C=O) groups excluding carboxylic acids is 2. The standard InChI is InChI=1S/C28H24ClN3O2S/c29-21-14-16-22(17-15-21)35-26-13-7-6-12-25(26)32-27(33)19-30-24-11-5-4-10-23(24)28(34)31-18-20-8-2-1-3-9-20/h1-17,30H,18-19H2,(H,31,34)(H,32,33). The second kappa shape index (κ2) is 12.1. The second-order valence-electron chi connectivity index (χ2n) is 7.67. The Morgan fingerprint density at radius 2 is 1.40 bits per heavy atom. The maximum absolute atomic E-state index is 12.8. The molecule has 0 saturated carbocycles. The minimum atomic E-state index is -0.214. The summed E-state index contributed by atoms with van der Waals surface area (Å²) in [6.45, 7) is 0.444. The van der Waals surface area contributed by atoms with Gasteiger partial charge in [-0.2, -0.15) is 0 Å². The third-order valence-electron chi connectivity index (χ3n) is 5.11.